The lowest BCUT2D eigenvalue weighted by atomic mass is 9.90. The van der Waals surface area contributed by atoms with E-state index in [9.17, 15) is 4.79 Å². The first kappa shape index (κ1) is 22.5. The maximum absolute atomic E-state index is 12.7. The average molecular weight is 448 g/mol. The van der Waals surface area contributed by atoms with Gasteiger partial charge in [0, 0.05) is 43.7 Å². The van der Waals surface area contributed by atoms with E-state index in [4.69, 9.17) is 11.6 Å². The van der Waals surface area contributed by atoms with Crippen LogP contribution >= 0.6 is 11.6 Å². The van der Waals surface area contributed by atoms with Crippen molar-refractivity contribution in [2.75, 3.05) is 20.1 Å². The van der Waals surface area contributed by atoms with Crippen molar-refractivity contribution in [3.63, 3.8) is 0 Å². The molecule has 166 valence electrons. The van der Waals surface area contributed by atoms with Crippen LogP contribution in [0.2, 0.25) is 5.02 Å². The molecule has 2 atom stereocenters. The topological polar surface area (TPSA) is 44.4 Å². The zero-order valence-corrected chi connectivity index (χ0v) is 19.1. The summed E-state index contributed by atoms with van der Waals surface area (Å²) in [6, 6.07) is 29.1. The number of nitrogens with zero attached hydrogens (tertiary/aromatic N) is 1. The SMILES string of the molecule is CNC(=O)[C@@H]1C[C@@H](NCc2cccc(Cl)c2)CN1CC(c1ccccc1)c1ccccc1. The van der Waals surface area contributed by atoms with Crippen LogP contribution < -0.4 is 10.6 Å². The number of halogens is 1. The number of amides is 1. The van der Waals surface area contributed by atoms with Crippen molar-refractivity contribution < 1.29 is 4.79 Å². The molecule has 1 amide bonds. The number of rotatable bonds is 8. The molecule has 0 radical (unpaired) electrons. The van der Waals surface area contributed by atoms with E-state index in [1.54, 1.807) is 7.05 Å². The van der Waals surface area contributed by atoms with Gasteiger partial charge in [0.05, 0.1) is 6.04 Å². The fourth-order valence-electron chi connectivity index (χ4n) is 4.61. The van der Waals surface area contributed by atoms with Crippen LogP contribution in [0.3, 0.4) is 0 Å². The third-order valence-electron chi connectivity index (χ3n) is 6.26. The Bertz CT molecular complexity index is 972. The number of likely N-dealkylation sites (tertiary alicyclic amines) is 1. The molecule has 3 aromatic carbocycles. The third kappa shape index (κ3) is 5.57. The largest absolute Gasteiger partial charge is 0.358 e. The predicted molar refractivity (Wildman–Crippen MR) is 131 cm³/mol. The Hall–Kier alpha value is -2.66. The Morgan fingerprint density at radius 3 is 2.25 bits per heavy atom. The molecule has 32 heavy (non-hydrogen) atoms. The van der Waals surface area contributed by atoms with Gasteiger partial charge in [-0.3, -0.25) is 9.69 Å². The van der Waals surface area contributed by atoms with Crippen LogP contribution in [0.25, 0.3) is 0 Å². The molecule has 1 aliphatic rings. The molecule has 4 rings (SSSR count). The van der Waals surface area contributed by atoms with Crippen molar-refractivity contribution in [1.29, 1.82) is 0 Å². The van der Waals surface area contributed by atoms with E-state index >= 15 is 0 Å². The molecule has 0 aliphatic carbocycles. The second-order valence-electron chi connectivity index (χ2n) is 8.40. The summed E-state index contributed by atoms with van der Waals surface area (Å²) in [5.74, 6) is 0.285. The van der Waals surface area contributed by atoms with E-state index in [0.29, 0.717) is 0 Å². The molecule has 1 heterocycles. The van der Waals surface area contributed by atoms with Crippen molar-refractivity contribution in [2.45, 2.75) is 31.0 Å². The number of hydrogen-bond donors (Lipinski definition) is 2. The molecule has 0 bridgehead atoms. The van der Waals surface area contributed by atoms with Crippen molar-refractivity contribution in [1.82, 2.24) is 15.5 Å². The van der Waals surface area contributed by atoms with E-state index in [0.717, 1.165) is 36.6 Å². The minimum atomic E-state index is -0.146. The minimum absolute atomic E-state index is 0.0805. The van der Waals surface area contributed by atoms with Crippen LogP contribution in [-0.4, -0.2) is 43.0 Å². The summed E-state index contributed by atoms with van der Waals surface area (Å²) in [6.07, 6.45) is 0.788. The highest BCUT2D eigenvalue weighted by Crippen LogP contribution is 2.29. The number of hydrogen-bond acceptors (Lipinski definition) is 3. The van der Waals surface area contributed by atoms with E-state index in [2.05, 4.69) is 70.1 Å². The number of likely N-dealkylation sites (N-methyl/N-ethyl adjacent to an activating group) is 1. The lowest BCUT2D eigenvalue weighted by Crippen LogP contribution is -2.43. The molecule has 1 saturated heterocycles. The molecular formula is C27H30ClN3O. The Kier molecular flexibility index (Phi) is 7.59. The second kappa shape index (κ2) is 10.8. The Morgan fingerprint density at radius 2 is 1.66 bits per heavy atom. The van der Waals surface area contributed by atoms with Crippen molar-refractivity contribution in [3.05, 3.63) is 107 Å². The molecule has 1 aliphatic heterocycles. The van der Waals surface area contributed by atoms with Gasteiger partial charge in [0.25, 0.3) is 0 Å². The third-order valence-corrected chi connectivity index (χ3v) is 6.49. The zero-order chi connectivity index (χ0) is 22.3. The molecule has 0 aromatic heterocycles. The van der Waals surface area contributed by atoms with Crippen LogP contribution in [0.4, 0.5) is 0 Å². The van der Waals surface area contributed by atoms with Gasteiger partial charge in [-0.05, 0) is 35.2 Å². The molecule has 0 unspecified atom stereocenters. The maximum atomic E-state index is 12.7. The normalized spacial score (nSPS) is 18.7. The Labute approximate surface area is 195 Å². The smallest absolute Gasteiger partial charge is 0.237 e. The van der Waals surface area contributed by atoms with Crippen LogP contribution in [0.5, 0.6) is 0 Å². The van der Waals surface area contributed by atoms with E-state index in [-0.39, 0.29) is 23.9 Å². The quantitative estimate of drug-likeness (QED) is 0.536. The molecular weight excluding hydrogens is 418 g/mol. The summed E-state index contributed by atoms with van der Waals surface area (Å²) >= 11 is 6.13. The molecule has 0 spiro atoms. The van der Waals surface area contributed by atoms with Crippen LogP contribution in [0.15, 0.2) is 84.9 Å². The van der Waals surface area contributed by atoms with E-state index in [1.807, 2.05) is 30.3 Å². The summed E-state index contributed by atoms with van der Waals surface area (Å²) < 4.78 is 0. The first-order valence-corrected chi connectivity index (χ1v) is 11.5. The Morgan fingerprint density at radius 1 is 1.00 bits per heavy atom. The van der Waals surface area contributed by atoms with E-state index < -0.39 is 0 Å². The molecule has 5 heteroatoms. The molecule has 3 aromatic rings. The number of nitrogens with one attached hydrogen (secondary N) is 2. The maximum Gasteiger partial charge on any atom is 0.237 e. The standard InChI is InChI=1S/C27H30ClN3O/c1-29-27(32)26-16-24(30-17-20-9-8-14-23(28)15-20)18-31(26)19-25(21-10-4-2-5-11-21)22-12-6-3-7-13-22/h2-15,24-26,30H,16-19H2,1H3,(H,29,32)/t24-,26+/m1/s1. The van der Waals surface area contributed by atoms with Gasteiger partial charge in [0.2, 0.25) is 5.91 Å². The van der Waals surface area contributed by atoms with Crippen molar-refractivity contribution in [2.24, 2.45) is 0 Å². The number of carbonyl (C=O) groups is 1. The molecule has 0 saturated carbocycles. The van der Waals surface area contributed by atoms with Crippen LogP contribution in [-0.2, 0) is 11.3 Å². The number of benzene rings is 3. The lowest BCUT2D eigenvalue weighted by Gasteiger charge is -2.28. The summed E-state index contributed by atoms with van der Waals surface area (Å²) in [7, 11) is 1.72. The highest BCUT2D eigenvalue weighted by atomic mass is 35.5. The zero-order valence-electron chi connectivity index (χ0n) is 18.4. The minimum Gasteiger partial charge on any atom is -0.358 e. The van der Waals surface area contributed by atoms with Crippen molar-refractivity contribution >= 4 is 17.5 Å². The van der Waals surface area contributed by atoms with Crippen LogP contribution in [0, 0.1) is 0 Å². The first-order chi connectivity index (χ1) is 15.6. The van der Waals surface area contributed by atoms with Gasteiger partial charge in [-0.1, -0.05) is 84.4 Å². The fraction of sp³-hybridized carbons (Fsp3) is 0.296. The summed E-state index contributed by atoms with van der Waals surface area (Å²) in [5, 5.41) is 7.25. The van der Waals surface area contributed by atoms with E-state index in [1.165, 1.54) is 11.1 Å². The van der Waals surface area contributed by atoms with Gasteiger partial charge in [0.15, 0.2) is 0 Å². The Balaban J connectivity index is 1.51. The summed E-state index contributed by atoms with van der Waals surface area (Å²) in [6.45, 7) is 2.36. The molecule has 4 nitrogen and oxygen atoms in total. The second-order valence-corrected chi connectivity index (χ2v) is 8.84. The highest BCUT2D eigenvalue weighted by molar-refractivity contribution is 6.30. The highest BCUT2D eigenvalue weighted by Gasteiger charge is 2.37. The molecule has 2 N–H and O–H groups in total. The number of carbonyl (C=O) groups excluding carboxylic acids is 1. The fourth-order valence-corrected chi connectivity index (χ4v) is 4.82. The van der Waals surface area contributed by atoms with Gasteiger partial charge >= 0.3 is 0 Å². The average Bonchev–Trinajstić information content (AvgIpc) is 3.25. The van der Waals surface area contributed by atoms with Gasteiger partial charge in [-0.2, -0.15) is 0 Å². The lowest BCUT2D eigenvalue weighted by molar-refractivity contribution is -0.125. The molecule has 1 fully saturated rings. The first-order valence-electron chi connectivity index (χ1n) is 11.2. The van der Waals surface area contributed by atoms with Gasteiger partial charge in [0.1, 0.15) is 0 Å². The van der Waals surface area contributed by atoms with Gasteiger partial charge in [-0.15, -0.1) is 0 Å². The van der Waals surface area contributed by atoms with Gasteiger partial charge in [-0.25, -0.2) is 0 Å². The van der Waals surface area contributed by atoms with Gasteiger partial charge < -0.3 is 10.6 Å². The summed E-state index contributed by atoms with van der Waals surface area (Å²) in [5.41, 5.74) is 3.69. The van der Waals surface area contributed by atoms with Crippen molar-refractivity contribution in [3.8, 4) is 0 Å². The predicted octanol–water partition coefficient (Wildman–Crippen LogP) is 4.45. The monoisotopic (exact) mass is 447 g/mol. The van der Waals surface area contributed by atoms with Crippen LogP contribution in [0.1, 0.15) is 29.0 Å². The summed E-state index contributed by atoms with van der Waals surface area (Å²) in [4.78, 5) is 15.1.